The molecule has 7 heteroatoms. The van der Waals surface area contributed by atoms with Gasteiger partial charge in [0.1, 0.15) is 17.3 Å². The Kier molecular flexibility index (Phi) is 3.56. The maximum Gasteiger partial charge on any atom is 0.276 e. The van der Waals surface area contributed by atoms with Crippen molar-refractivity contribution < 1.29 is 13.9 Å². The minimum atomic E-state index is -0.636. The Morgan fingerprint density at radius 2 is 2.16 bits per heavy atom. The number of nitrogens with one attached hydrogen (secondary N) is 2. The van der Waals surface area contributed by atoms with Gasteiger partial charge in [0.25, 0.3) is 11.5 Å². The maximum atomic E-state index is 13.5. The lowest BCUT2D eigenvalue weighted by Gasteiger charge is -2.07. The average molecular weight is 263 g/mol. The molecule has 0 atom stereocenters. The Hall–Kier alpha value is -2.70. The number of aromatic nitrogens is 2. The summed E-state index contributed by atoms with van der Waals surface area (Å²) in [6.07, 6.45) is 0. The molecule has 2 rings (SSSR count). The van der Waals surface area contributed by atoms with E-state index in [0.717, 1.165) is 6.07 Å². The molecule has 0 radical (unpaired) electrons. The summed E-state index contributed by atoms with van der Waals surface area (Å²) < 4.78 is 18.4. The summed E-state index contributed by atoms with van der Waals surface area (Å²) >= 11 is 0. The molecule has 0 aliphatic rings. The van der Waals surface area contributed by atoms with Crippen LogP contribution in [0, 0.1) is 5.82 Å². The zero-order valence-corrected chi connectivity index (χ0v) is 9.94. The van der Waals surface area contributed by atoms with Crippen LogP contribution in [-0.2, 0) is 0 Å². The molecule has 1 heterocycles. The molecular formula is C12H10FN3O3. The van der Waals surface area contributed by atoms with Gasteiger partial charge < -0.3 is 10.1 Å². The quantitative estimate of drug-likeness (QED) is 0.870. The number of hydrogen-bond donors (Lipinski definition) is 2. The van der Waals surface area contributed by atoms with Crippen LogP contribution >= 0.6 is 0 Å². The largest absolute Gasteiger partial charge is 0.497 e. The Morgan fingerprint density at radius 3 is 2.79 bits per heavy atom. The number of hydrogen-bond acceptors (Lipinski definition) is 4. The Balaban J connectivity index is 2.23. The van der Waals surface area contributed by atoms with E-state index in [2.05, 4.69) is 15.5 Å². The highest BCUT2D eigenvalue weighted by molar-refractivity contribution is 6.02. The first-order valence-corrected chi connectivity index (χ1v) is 5.31. The SMILES string of the molecule is COc1ccc(F)c(NC(=O)c2ccc(=O)[nH]n2)c1. The van der Waals surface area contributed by atoms with Crippen molar-refractivity contribution in [1.82, 2.24) is 10.2 Å². The summed E-state index contributed by atoms with van der Waals surface area (Å²) in [5.74, 6) is -0.826. The van der Waals surface area contributed by atoms with Crippen molar-refractivity contribution in [2.45, 2.75) is 0 Å². The van der Waals surface area contributed by atoms with E-state index in [0.29, 0.717) is 5.75 Å². The van der Waals surface area contributed by atoms with Gasteiger partial charge in [-0.3, -0.25) is 9.59 Å². The second-order valence-corrected chi connectivity index (χ2v) is 3.61. The highest BCUT2D eigenvalue weighted by Gasteiger charge is 2.11. The summed E-state index contributed by atoms with van der Waals surface area (Å²) in [7, 11) is 1.43. The van der Waals surface area contributed by atoms with E-state index in [9.17, 15) is 14.0 Å². The minimum Gasteiger partial charge on any atom is -0.497 e. The lowest BCUT2D eigenvalue weighted by atomic mass is 10.2. The van der Waals surface area contributed by atoms with Crippen LogP contribution in [0.25, 0.3) is 0 Å². The Bertz CT molecular complexity index is 649. The number of halogens is 1. The van der Waals surface area contributed by atoms with Crippen LogP contribution in [0.3, 0.4) is 0 Å². The van der Waals surface area contributed by atoms with E-state index in [4.69, 9.17) is 4.74 Å². The zero-order valence-electron chi connectivity index (χ0n) is 9.94. The van der Waals surface area contributed by atoms with Gasteiger partial charge in [-0.15, -0.1) is 0 Å². The summed E-state index contributed by atoms with van der Waals surface area (Å²) in [5, 5.41) is 8.00. The number of nitrogens with zero attached hydrogens (tertiary/aromatic N) is 1. The predicted molar refractivity (Wildman–Crippen MR) is 65.8 cm³/mol. The zero-order chi connectivity index (χ0) is 13.8. The van der Waals surface area contributed by atoms with E-state index in [1.165, 1.54) is 31.4 Å². The molecule has 0 bridgehead atoms. The minimum absolute atomic E-state index is 0.0261. The number of amides is 1. The molecule has 0 unspecified atom stereocenters. The first-order chi connectivity index (χ1) is 9.10. The number of aromatic amines is 1. The molecule has 2 aromatic rings. The van der Waals surface area contributed by atoms with Crippen molar-refractivity contribution in [2.24, 2.45) is 0 Å². The highest BCUT2D eigenvalue weighted by Crippen LogP contribution is 2.21. The number of ether oxygens (including phenoxy) is 1. The first kappa shape index (κ1) is 12.7. The van der Waals surface area contributed by atoms with E-state index >= 15 is 0 Å². The summed E-state index contributed by atoms with van der Waals surface area (Å²) in [5.41, 5.74) is -0.483. The summed E-state index contributed by atoms with van der Waals surface area (Å²) in [4.78, 5) is 22.6. The van der Waals surface area contributed by atoms with Crippen molar-refractivity contribution in [3.8, 4) is 5.75 Å². The molecule has 19 heavy (non-hydrogen) atoms. The second kappa shape index (κ2) is 5.30. The molecular weight excluding hydrogens is 253 g/mol. The summed E-state index contributed by atoms with van der Waals surface area (Å²) in [6, 6.07) is 6.35. The van der Waals surface area contributed by atoms with Gasteiger partial charge in [-0.1, -0.05) is 0 Å². The van der Waals surface area contributed by atoms with E-state index in [1.54, 1.807) is 0 Å². The van der Waals surface area contributed by atoms with Gasteiger partial charge in [-0.2, -0.15) is 5.10 Å². The number of benzene rings is 1. The smallest absolute Gasteiger partial charge is 0.276 e. The third kappa shape index (κ3) is 2.95. The normalized spacial score (nSPS) is 10.0. The standard InChI is InChI=1S/C12H10FN3O3/c1-19-7-2-3-8(13)10(6-7)14-12(18)9-4-5-11(17)16-15-9/h2-6H,1H3,(H,14,18)(H,16,17). The lowest BCUT2D eigenvalue weighted by Crippen LogP contribution is -2.18. The molecule has 98 valence electrons. The van der Waals surface area contributed by atoms with E-state index in [1.807, 2.05) is 0 Å². The van der Waals surface area contributed by atoms with Crippen LogP contribution in [-0.4, -0.2) is 23.2 Å². The number of methoxy groups -OCH3 is 1. The average Bonchev–Trinajstić information content (AvgIpc) is 2.42. The monoisotopic (exact) mass is 263 g/mol. The number of carbonyl (C=O) groups is 1. The topological polar surface area (TPSA) is 84.1 Å². The van der Waals surface area contributed by atoms with E-state index in [-0.39, 0.29) is 11.4 Å². The van der Waals surface area contributed by atoms with E-state index < -0.39 is 17.3 Å². The molecule has 1 amide bonds. The van der Waals surface area contributed by atoms with Crippen LogP contribution < -0.4 is 15.6 Å². The van der Waals surface area contributed by atoms with Crippen molar-refractivity contribution in [1.29, 1.82) is 0 Å². The molecule has 0 fully saturated rings. The van der Waals surface area contributed by atoms with Gasteiger partial charge in [0, 0.05) is 12.1 Å². The van der Waals surface area contributed by atoms with Gasteiger partial charge in [-0.25, -0.2) is 9.49 Å². The number of carbonyl (C=O) groups excluding carboxylic acids is 1. The molecule has 2 N–H and O–H groups in total. The summed E-state index contributed by atoms with van der Waals surface area (Å²) in [6.45, 7) is 0. The third-order valence-electron chi connectivity index (χ3n) is 2.33. The maximum absolute atomic E-state index is 13.5. The fourth-order valence-corrected chi connectivity index (χ4v) is 1.38. The van der Waals surface area contributed by atoms with Gasteiger partial charge in [0.2, 0.25) is 0 Å². The fourth-order valence-electron chi connectivity index (χ4n) is 1.38. The molecule has 6 nitrogen and oxygen atoms in total. The lowest BCUT2D eigenvalue weighted by molar-refractivity contribution is 0.102. The number of anilines is 1. The van der Waals surface area contributed by atoms with Crippen LogP contribution in [0.5, 0.6) is 5.75 Å². The van der Waals surface area contributed by atoms with Gasteiger partial charge in [-0.05, 0) is 18.2 Å². The molecule has 1 aromatic heterocycles. The Labute approximate surface area is 107 Å². The van der Waals surface area contributed by atoms with Crippen molar-refractivity contribution >= 4 is 11.6 Å². The van der Waals surface area contributed by atoms with Crippen LogP contribution in [0.15, 0.2) is 35.1 Å². The van der Waals surface area contributed by atoms with Crippen molar-refractivity contribution in [3.05, 3.63) is 52.2 Å². The second-order valence-electron chi connectivity index (χ2n) is 3.61. The third-order valence-corrected chi connectivity index (χ3v) is 2.33. The number of H-pyrrole nitrogens is 1. The van der Waals surface area contributed by atoms with Crippen molar-refractivity contribution in [2.75, 3.05) is 12.4 Å². The number of rotatable bonds is 3. The molecule has 0 aliphatic carbocycles. The molecule has 1 aromatic carbocycles. The van der Waals surface area contributed by atoms with Crippen LogP contribution in [0.1, 0.15) is 10.5 Å². The predicted octanol–water partition coefficient (Wildman–Crippen LogP) is 1.17. The Morgan fingerprint density at radius 1 is 1.37 bits per heavy atom. The fraction of sp³-hybridized carbons (Fsp3) is 0.0833. The first-order valence-electron chi connectivity index (χ1n) is 5.31. The van der Waals surface area contributed by atoms with Crippen LogP contribution in [0.2, 0.25) is 0 Å². The molecule has 0 saturated heterocycles. The van der Waals surface area contributed by atoms with Crippen molar-refractivity contribution in [3.63, 3.8) is 0 Å². The van der Waals surface area contributed by atoms with Gasteiger partial charge in [0.05, 0.1) is 12.8 Å². The highest BCUT2D eigenvalue weighted by atomic mass is 19.1. The molecule has 0 spiro atoms. The molecule has 0 saturated carbocycles. The molecule has 0 aliphatic heterocycles. The van der Waals surface area contributed by atoms with Gasteiger partial charge >= 0.3 is 0 Å². The van der Waals surface area contributed by atoms with Gasteiger partial charge in [0.15, 0.2) is 0 Å². The van der Waals surface area contributed by atoms with Crippen LogP contribution in [0.4, 0.5) is 10.1 Å².